The molecule has 0 aliphatic carbocycles. The van der Waals surface area contributed by atoms with Gasteiger partial charge in [0.2, 0.25) is 0 Å². The predicted octanol–water partition coefficient (Wildman–Crippen LogP) is 3.65. The predicted molar refractivity (Wildman–Crippen MR) is 89.9 cm³/mol. The lowest BCUT2D eigenvalue weighted by Gasteiger charge is -2.22. The van der Waals surface area contributed by atoms with Crippen molar-refractivity contribution in [3.8, 4) is 0 Å². The molecule has 112 valence electrons. The van der Waals surface area contributed by atoms with Gasteiger partial charge in [-0.25, -0.2) is 9.97 Å². The summed E-state index contributed by atoms with van der Waals surface area (Å²) in [5, 5.41) is 0. The van der Waals surface area contributed by atoms with Crippen molar-refractivity contribution in [2.45, 2.75) is 13.1 Å². The lowest BCUT2D eigenvalue weighted by atomic mass is 10.2. The van der Waals surface area contributed by atoms with Crippen molar-refractivity contribution in [1.29, 1.82) is 0 Å². The molecule has 4 nitrogen and oxygen atoms in total. The molecular weight excluding hydrogens is 398 g/mol. The Balaban J connectivity index is 2.02. The highest BCUT2D eigenvalue weighted by atomic mass is 79.9. The fourth-order valence-electron chi connectivity index (χ4n) is 1.95. The molecule has 0 fully saturated rings. The summed E-state index contributed by atoms with van der Waals surface area (Å²) in [6.45, 7) is 3.23. The highest BCUT2D eigenvalue weighted by molar-refractivity contribution is 9.10. The third-order valence-electron chi connectivity index (χ3n) is 3.00. The molecule has 2 heterocycles. The van der Waals surface area contributed by atoms with E-state index in [4.69, 9.17) is 4.74 Å². The number of halogens is 2. The van der Waals surface area contributed by atoms with Gasteiger partial charge in [-0.1, -0.05) is 12.1 Å². The van der Waals surface area contributed by atoms with Gasteiger partial charge < -0.3 is 4.74 Å². The molecule has 21 heavy (non-hydrogen) atoms. The second-order valence-corrected chi connectivity index (χ2v) is 6.31. The molecule has 0 N–H and O–H groups in total. The van der Waals surface area contributed by atoms with Crippen molar-refractivity contribution in [3.05, 3.63) is 57.0 Å². The molecular formula is C15H17Br2N3O. The topological polar surface area (TPSA) is 38.2 Å². The molecule has 0 atom stereocenters. The van der Waals surface area contributed by atoms with Gasteiger partial charge in [0, 0.05) is 39.1 Å². The second-order valence-electron chi connectivity index (χ2n) is 4.68. The van der Waals surface area contributed by atoms with Crippen LogP contribution in [0.1, 0.15) is 11.1 Å². The molecule has 2 aromatic heterocycles. The van der Waals surface area contributed by atoms with E-state index < -0.39 is 0 Å². The first-order valence-corrected chi connectivity index (χ1v) is 8.18. The third kappa shape index (κ3) is 5.82. The van der Waals surface area contributed by atoms with Gasteiger partial charge in [0.15, 0.2) is 0 Å². The van der Waals surface area contributed by atoms with E-state index in [0.29, 0.717) is 6.61 Å². The second kappa shape index (κ2) is 8.58. The van der Waals surface area contributed by atoms with Crippen LogP contribution in [0.25, 0.3) is 0 Å². The zero-order valence-corrected chi connectivity index (χ0v) is 15.0. The van der Waals surface area contributed by atoms with Crippen LogP contribution in [0.2, 0.25) is 0 Å². The minimum Gasteiger partial charge on any atom is -0.383 e. The van der Waals surface area contributed by atoms with Crippen molar-refractivity contribution in [3.63, 3.8) is 0 Å². The molecule has 6 heteroatoms. The van der Waals surface area contributed by atoms with Gasteiger partial charge in [-0.2, -0.15) is 0 Å². The first-order valence-electron chi connectivity index (χ1n) is 6.59. The average Bonchev–Trinajstić information content (AvgIpc) is 2.49. The van der Waals surface area contributed by atoms with Crippen molar-refractivity contribution in [2.75, 3.05) is 20.3 Å². The van der Waals surface area contributed by atoms with Crippen molar-refractivity contribution in [2.24, 2.45) is 0 Å². The summed E-state index contributed by atoms with van der Waals surface area (Å²) < 4.78 is 6.91. The number of pyridine rings is 2. The maximum atomic E-state index is 5.20. The van der Waals surface area contributed by atoms with Crippen LogP contribution >= 0.6 is 31.9 Å². The number of nitrogens with zero attached hydrogens (tertiary/aromatic N) is 3. The van der Waals surface area contributed by atoms with Gasteiger partial charge >= 0.3 is 0 Å². The first-order chi connectivity index (χ1) is 10.2. The summed E-state index contributed by atoms with van der Waals surface area (Å²) in [6, 6.07) is 8.09. The maximum Gasteiger partial charge on any atom is 0.106 e. The SMILES string of the molecule is COCCN(Cc1ccc(Br)nc1)Cc1ccc(Br)nc1. The van der Waals surface area contributed by atoms with Crippen LogP contribution in [0, 0.1) is 0 Å². The molecule has 0 radical (unpaired) electrons. The minimum atomic E-state index is 0.702. The van der Waals surface area contributed by atoms with Crippen LogP contribution in [-0.4, -0.2) is 35.1 Å². The molecule has 0 aliphatic rings. The number of rotatable bonds is 7. The molecule has 0 unspecified atom stereocenters. The smallest absolute Gasteiger partial charge is 0.106 e. The first kappa shape index (κ1) is 16.5. The zero-order valence-electron chi connectivity index (χ0n) is 11.8. The average molecular weight is 415 g/mol. The monoisotopic (exact) mass is 413 g/mol. The zero-order chi connectivity index (χ0) is 15.1. The summed E-state index contributed by atoms with van der Waals surface area (Å²) in [5.41, 5.74) is 2.36. The fourth-order valence-corrected chi connectivity index (χ4v) is 2.42. The highest BCUT2D eigenvalue weighted by Gasteiger charge is 2.08. The van der Waals surface area contributed by atoms with E-state index in [1.165, 1.54) is 11.1 Å². The number of aromatic nitrogens is 2. The largest absolute Gasteiger partial charge is 0.383 e. The Morgan fingerprint density at radius 2 is 1.48 bits per heavy atom. The van der Waals surface area contributed by atoms with E-state index in [1.807, 2.05) is 24.5 Å². The number of methoxy groups -OCH3 is 1. The van der Waals surface area contributed by atoms with Gasteiger partial charge in [0.25, 0.3) is 0 Å². The Morgan fingerprint density at radius 1 is 0.952 bits per heavy atom. The minimum absolute atomic E-state index is 0.702. The Morgan fingerprint density at radius 3 is 1.86 bits per heavy atom. The standard InChI is InChI=1S/C15H17Br2N3O/c1-21-7-6-20(10-12-2-4-14(16)18-8-12)11-13-3-5-15(17)19-9-13/h2-5,8-9H,6-7,10-11H2,1H3. The van der Waals surface area contributed by atoms with Crippen LogP contribution in [0.15, 0.2) is 45.9 Å². The van der Waals surface area contributed by atoms with Crippen molar-refractivity contribution < 1.29 is 4.74 Å². The van der Waals surface area contributed by atoms with Gasteiger partial charge in [-0.3, -0.25) is 4.90 Å². The number of hydrogen-bond donors (Lipinski definition) is 0. The highest BCUT2D eigenvalue weighted by Crippen LogP contribution is 2.13. The van der Waals surface area contributed by atoms with E-state index in [9.17, 15) is 0 Å². The van der Waals surface area contributed by atoms with Crippen molar-refractivity contribution >= 4 is 31.9 Å². The molecule has 0 aliphatic heterocycles. The Labute approximate surface area is 141 Å². The summed E-state index contributed by atoms with van der Waals surface area (Å²) >= 11 is 6.71. The Kier molecular flexibility index (Phi) is 6.76. The molecule has 0 saturated heterocycles. The molecule has 0 bridgehead atoms. The van der Waals surface area contributed by atoms with Crippen molar-refractivity contribution in [1.82, 2.24) is 14.9 Å². The lowest BCUT2D eigenvalue weighted by Crippen LogP contribution is -2.26. The van der Waals surface area contributed by atoms with Gasteiger partial charge in [-0.05, 0) is 55.1 Å². The van der Waals surface area contributed by atoms with Crippen LogP contribution in [0.5, 0.6) is 0 Å². The summed E-state index contributed by atoms with van der Waals surface area (Å²) in [7, 11) is 1.72. The quantitative estimate of drug-likeness (QED) is 0.648. The summed E-state index contributed by atoms with van der Waals surface area (Å²) in [5.74, 6) is 0. The molecule has 2 rings (SSSR count). The normalized spacial score (nSPS) is 11.0. The molecule has 0 spiro atoms. The van der Waals surface area contributed by atoms with Gasteiger partial charge in [0.1, 0.15) is 9.21 Å². The van der Waals surface area contributed by atoms with E-state index in [1.54, 1.807) is 7.11 Å². The third-order valence-corrected chi connectivity index (χ3v) is 3.94. The molecule has 0 aromatic carbocycles. The van der Waals surface area contributed by atoms with Gasteiger partial charge in [0.05, 0.1) is 6.61 Å². The lowest BCUT2D eigenvalue weighted by molar-refractivity contribution is 0.140. The van der Waals surface area contributed by atoms with E-state index in [-0.39, 0.29) is 0 Å². The van der Waals surface area contributed by atoms with E-state index in [0.717, 1.165) is 28.8 Å². The Hall–Kier alpha value is -0.820. The number of ether oxygens (including phenoxy) is 1. The van der Waals surface area contributed by atoms with Gasteiger partial charge in [-0.15, -0.1) is 0 Å². The summed E-state index contributed by atoms with van der Waals surface area (Å²) in [6.07, 6.45) is 3.79. The maximum absolute atomic E-state index is 5.20. The fraction of sp³-hybridized carbons (Fsp3) is 0.333. The molecule has 2 aromatic rings. The summed E-state index contributed by atoms with van der Waals surface area (Å²) in [4.78, 5) is 10.9. The molecule has 0 saturated carbocycles. The Bertz CT molecular complexity index is 498. The van der Waals surface area contributed by atoms with E-state index in [2.05, 4.69) is 58.9 Å². The van der Waals surface area contributed by atoms with Crippen LogP contribution in [-0.2, 0) is 17.8 Å². The van der Waals surface area contributed by atoms with E-state index >= 15 is 0 Å². The van der Waals surface area contributed by atoms with Crippen LogP contribution < -0.4 is 0 Å². The van der Waals surface area contributed by atoms with Crippen LogP contribution in [0.4, 0.5) is 0 Å². The van der Waals surface area contributed by atoms with Crippen LogP contribution in [0.3, 0.4) is 0 Å². The molecule has 0 amide bonds. The number of hydrogen-bond acceptors (Lipinski definition) is 4.